The predicted octanol–water partition coefficient (Wildman–Crippen LogP) is 1.65. The minimum atomic E-state index is 0. The average molecular weight is 463 g/mol. The monoisotopic (exact) mass is 463 g/mol. The second-order valence-corrected chi connectivity index (χ2v) is 7.92. The van der Waals surface area contributed by atoms with Crippen molar-refractivity contribution >= 4 is 35.8 Å². The van der Waals surface area contributed by atoms with Crippen molar-refractivity contribution < 1.29 is 4.79 Å². The van der Waals surface area contributed by atoms with Crippen molar-refractivity contribution in [3.63, 3.8) is 0 Å². The summed E-state index contributed by atoms with van der Waals surface area (Å²) in [6.07, 6.45) is 5.61. The molecule has 0 aromatic carbocycles. The highest BCUT2D eigenvalue weighted by Gasteiger charge is 2.42. The summed E-state index contributed by atoms with van der Waals surface area (Å²) in [5.41, 5.74) is 0.113. The molecule has 1 aliphatic carbocycles. The third kappa shape index (κ3) is 5.21. The quantitative estimate of drug-likeness (QED) is 0.370. The largest absolute Gasteiger partial charge is 0.357 e. The van der Waals surface area contributed by atoms with E-state index in [1.54, 1.807) is 0 Å². The summed E-state index contributed by atoms with van der Waals surface area (Å²) in [6.45, 7) is 8.89. The van der Waals surface area contributed by atoms with Crippen molar-refractivity contribution in [2.45, 2.75) is 58.0 Å². The number of likely N-dealkylation sites (tertiary alicyclic amines) is 1. The fourth-order valence-electron chi connectivity index (χ4n) is 4.04. The Labute approximate surface area is 169 Å². The Balaban J connectivity index is 0.00000225. The zero-order valence-corrected chi connectivity index (χ0v) is 18.2. The zero-order valence-electron chi connectivity index (χ0n) is 15.9. The molecule has 0 radical (unpaired) electrons. The number of carbonyl (C=O) groups excluding carboxylic acids is 1. The van der Waals surface area contributed by atoms with Gasteiger partial charge in [-0.2, -0.15) is 0 Å². The van der Waals surface area contributed by atoms with Crippen LogP contribution in [0.1, 0.15) is 46.0 Å². The lowest BCUT2D eigenvalue weighted by atomic mass is 9.79. The van der Waals surface area contributed by atoms with Gasteiger partial charge < -0.3 is 15.5 Å². The lowest BCUT2D eigenvalue weighted by Gasteiger charge is -2.41. The van der Waals surface area contributed by atoms with Gasteiger partial charge in [0.15, 0.2) is 5.96 Å². The van der Waals surface area contributed by atoms with Gasteiger partial charge in [0.2, 0.25) is 5.91 Å². The Kier molecular flexibility index (Phi) is 7.37. The number of hydrogen-bond donors (Lipinski definition) is 2. The number of likely N-dealkylation sites (N-methyl/N-ethyl adjacent to an activating group) is 1. The van der Waals surface area contributed by atoms with Gasteiger partial charge in [-0.05, 0) is 46.6 Å². The number of nitrogens with one attached hydrogen (secondary N) is 2. The summed E-state index contributed by atoms with van der Waals surface area (Å²) in [7, 11) is 2.22. The summed E-state index contributed by atoms with van der Waals surface area (Å²) in [5.74, 6) is 1.23. The van der Waals surface area contributed by atoms with Gasteiger partial charge in [0.25, 0.3) is 0 Å². The summed E-state index contributed by atoms with van der Waals surface area (Å²) < 4.78 is 0. The molecule has 25 heavy (non-hydrogen) atoms. The molecule has 2 heterocycles. The van der Waals surface area contributed by atoms with Crippen LogP contribution >= 0.6 is 24.0 Å². The highest BCUT2D eigenvalue weighted by atomic mass is 127. The maximum absolute atomic E-state index is 11.7. The molecule has 2 N–H and O–H groups in total. The minimum Gasteiger partial charge on any atom is -0.357 e. The molecule has 1 spiro atoms. The van der Waals surface area contributed by atoms with Crippen LogP contribution < -0.4 is 10.6 Å². The van der Waals surface area contributed by atoms with Gasteiger partial charge in [-0.1, -0.05) is 0 Å². The Morgan fingerprint density at radius 1 is 1.52 bits per heavy atom. The van der Waals surface area contributed by atoms with E-state index in [0.717, 1.165) is 57.6 Å². The van der Waals surface area contributed by atoms with E-state index in [2.05, 4.69) is 41.3 Å². The number of piperidine rings is 1. The second kappa shape index (κ2) is 8.88. The molecule has 1 saturated carbocycles. The summed E-state index contributed by atoms with van der Waals surface area (Å²) in [5, 5.41) is 6.48. The first-order valence-electron chi connectivity index (χ1n) is 9.55. The second-order valence-electron chi connectivity index (χ2n) is 7.92. The van der Waals surface area contributed by atoms with E-state index >= 15 is 0 Å². The first kappa shape index (κ1) is 20.7. The number of carbonyl (C=O) groups is 1. The van der Waals surface area contributed by atoms with Crippen LogP contribution in [-0.2, 0) is 4.79 Å². The molecule has 2 atom stereocenters. The van der Waals surface area contributed by atoms with Crippen molar-refractivity contribution in [1.82, 2.24) is 20.4 Å². The molecule has 1 amide bonds. The van der Waals surface area contributed by atoms with Crippen molar-refractivity contribution in [3.8, 4) is 0 Å². The lowest BCUT2D eigenvalue weighted by molar-refractivity contribution is -0.119. The molecule has 3 aliphatic rings. The lowest BCUT2D eigenvalue weighted by Crippen LogP contribution is -2.51. The average Bonchev–Trinajstić information content (AvgIpc) is 3.36. The molecular formula is C18H34IN5O. The smallest absolute Gasteiger partial charge is 0.220 e. The summed E-state index contributed by atoms with van der Waals surface area (Å²) in [4.78, 5) is 21.5. The number of amides is 1. The van der Waals surface area contributed by atoms with Crippen LogP contribution in [0.15, 0.2) is 4.99 Å². The first-order chi connectivity index (χ1) is 11.5. The van der Waals surface area contributed by atoms with Gasteiger partial charge in [-0.15, -0.1) is 24.0 Å². The van der Waals surface area contributed by atoms with Gasteiger partial charge >= 0.3 is 0 Å². The maximum Gasteiger partial charge on any atom is 0.220 e. The highest BCUT2D eigenvalue weighted by molar-refractivity contribution is 14.0. The summed E-state index contributed by atoms with van der Waals surface area (Å²) in [6, 6.07) is 1.24. The standard InChI is InChI=1S/C18H33N5O.HI/c1-4-19-17(20-11-14(2)22(3)15-6-7-15)23-9-5-8-18(13-23)10-16(24)21-12-18;/h14-15H,4-13H2,1-3H3,(H,19,20)(H,21,24);1H. The van der Waals surface area contributed by atoms with Crippen molar-refractivity contribution in [2.75, 3.05) is 39.8 Å². The molecule has 0 aromatic rings. The van der Waals surface area contributed by atoms with Crippen molar-refractivity contribution in [1.29, 1.82) is 0 Å². The van der Waals surface area contributed by atoms with E-state index in [9.17, 15) is 4.79 Å². The fourth-order valence-corrected chi connectivity index (χ4v) is 4.04. The topological polar surface area (TPSA) is 60.0 Å². The predicted molar refractivity (Wildman–Crippen MR) is 113 cm³/mol. The van der Waals surface area contributed by atoms with E-state index in [1.165, 1.54) is 12.8 Å². The Morgan fingerprint density at radius 2 is 2.28 bits per heavy atom. The van der Waals surface area contributed by atoms with Gasteiger partial charge in [-0.25, -0.2) is 0 Å². The number of nitrogens with zero attached hydrogens (tertiary/aromatic N) is 3. The molecule has 2 saturated heterocycles. The molecule has 3 fully saturated rings. The highest BCUT2D eigenvalue weighted by Crippen LogP contribution is 2.36. The van der Waals surface area contributed by atoms with E-state index in [-0.39, 0.29) is 35.3 Å². The zero-order chi connectivity index (χ0) is 17.2. The molecule has 6 nitrogen and oxygen atoms in total. The number of hydrogen-bond acceptors (Lipinski definition) is 3. The Bertz CT molecular complexity index is 496. The van der Waals surface area contributed by atoms with Crippen molar-refractivity contribution in [3.05, 3.63) is 0 Å². The van der Waals surface area contributed by atoms with Crippen LogP contribution in [0.25, 0.3) is 0 Å². The molecule has 2 unspecified atom stereocenters. The maximum atomic E-state index is 11.7. The SMILES string of the molecule is CCNC(=NCC(C)N(C)C1CC1)N1CCCC2(CNC(=O)C2)C1.I. The Hall–Kier alpha value is -0.570. The molecule has 7 heteroatoms. The molecule has 144 valence electrons. The number of rotatable bonds is 5. The van der Waals surface area contributed by atoms with E-state index in [4.69, 9.17) is 4.99 Å². The number of guanidine groups is 1. The molecular weight excluding hydrogens is 429 g/mol. The first-order valence-corrected chi connectivity index (χ1v) is 9.55. The van der Waals surface area contributed by atoms with Crippen LogP contribution in [0.2, 0.25) is 0 Å². The minimum absolute atomic E-state index is 0. The Morgan fingerprint density at radius 3 is 2.88 bits per heavy atom. The molecule has 0 aromatic heterocycles. The van der Waals surface area contributed by atoms with Crippen LogP contribution in [0.4, 0.5) is 0 Å². The van der Waals surface area contributed by atoms with Crippen LogP contribution in [0, 0.1) is 5.41 Å². The van der Waals surface area contributed by atoms with Crippen LogP contribution in [-0.4, -0.2) is 73.5 Å². The molecule has 3 rings (SSSR count). The fraction of sp³-hybridized carbons (Fsp3) is 0.889. The number of halogens is 1. The van der Waals surface area contributed by atoms with Gasteiger partial charge in [0.1, 0.15) is 0 Å². The van der Waals surface area contributed by atoms with E-state index < -0.39 is 0 Å². The van der Waals surface area contributed by atoms with E-state index in [1.807, 2.05) is 0 Å². The van der Waals surface area contributed by atoms with Gasteiger partial charge in [0.05, 0.1) is 6.54 Å². The van der Waals surface area contributed by atoms with Crippen LogP contribution in [0.3, 0.4) is 0 Å². The third-order valence-electron chi connectivity index (χ3n) is 5.82. The van der Waals surface area contributed by atoms with Crippen LogP contribution in [0.5, 0.6) is 0 Å². The van der Waals surface area contributed by atoms with Gasteiger partial charge in [-0.3, -0.25) is 14.7 Å². The van der Waals surface area contributed by atoms with E-state index in [0.29, 0.717) is 12.5 Å². The van der Waals surface area contributed by atoms with Crippen molar-refractivity contribution in [2.24, 2.45) is 10.4 Å². The molecule has 0 bridgehead atoms. The molecule has 2 aliphatic heterocycles. The number of aliphatic imine (C=N–C) groups is 1. The van der Waals surface area contributed by atoms with Gasteiger partial charge in [0, 0.05) is 50.1 Å². The normalized spacial score (nSPS) is 28.1. The summed E-state index contributed by atoms with van der Waals surface area (Å²) >= 11 is 0. The third-order valence-corrected chi connectivity index (χ3v) is 5.82.